The highest BCUT2D eigenvalue weighted by Crippen LogP contribution is 2.35. The number of hydrogen-bond donors (Lipinski definition) is 4. The molecule has 9 heteroatoms. The molecule has 0 aliphatic heterocycles. The van der Waals surface area contributed by atoms with E-state index in [1.807, 2.05) is 30.3 Å². The molecule has 0 saturated carbocycles. The minimum absolute atomic E-state index is 0.155. The lowest BCUT2D eigenvalue weighted by molar-refractivity contribution is 0.193. The lowest BCUT2D eigenvalue weighted by atomic mass is 10.0. The number of benzene rings is 1. The number of hydrogen-bond acceptors (Lipinski definition) is 5. The summed E-state index contributed by atoms with van der Waals surface area (Å²) in [6.45, 7) is 9.11. The van der Waals surface area contributed by atoms with Crippen molar-refractivity contribution in [2.75, 3.05) is 13.2 Å². The van der Waals surface area contributed by atoms with Gasteiger partial charge in [0.1, 0.15) is 11.0 Å². The van der Waals surface area contributed by atoms with Gasteiger partial charge in [-0.1, -0.05) is 135 Å². The molecule has 0 spiro atoms. The molecule has 1 heterocycles. The van der Waals surface area contributed by atoms with Gasteiger partial charge in [-0.3, -0.25) is 4.52 Å². The normalized spacial score (nSPS) is 11.2. The third-order valence-electron chi connectivity index (χ3n) is 7.02. The van der Waals surface area contributed by atoms with Crippen LogP contribution in [0, 0.1) is 5.92 Å². The van der Waals surface area contributed by atoms with Crippen LogP contribution in [-0.4, -0.2) is 38.3 Å². The van der Waals surface area contributed by atoms with Crippen LogP contribution in [0.1, 0.15) is 142 Å². The monoisotopic (exact) mass is 610 g/mol. The first-order valence-corrected chi connectivity index (χ1v) is 18.1. The SMILES string of the molecule is C=CCCCCCCCCCCCCCCCCCN.CC(C)CCCCCOP(=O)(O)O.c1ccc2n[nH]nc2c1. The molecule has 0 radical (unpaired) electrons. The molecule has 0 unspecified atom stereocenters. The van der Waals surface area contributed by atoms with E-state index in [-0.39, 0.29) is 6.61 Å². The second kappa shape index (κ2) is 29.5. The van der Waals surface area contributed by atoms with Gasteiger partial charge in [0, 0.05) is 0 Å². The Kier molecular flexibility index (Phi) is 28.4. The Morgan fingerprint density at radius 3 is 1.62 bits per heavy atom. The van der Waals surface area contributed by atoms with E-state index in [4.69, 9.17) is 15.5 Å². The van der Waals surface area contributed by atoms with Gasteiger partial charge in [-0.2, -0.15) is 15.4 Å². The maximum absolute atomic E-state index is 10.2. The van der Waals surface area contributed by atoms with E-state index >= 15 is 0 Å². The smallest absolute Gasteiger partial charge is 0.330 e. The minimum Gasteiger partial charge on any atom is -0.330 e. The van der Waals surface area contributed by atoms with Gasteiger partial charge in [0.15, 0.2) is 0 Å². The standard InChI is InChI=1S/C19H39N.C8H19O4P.C6H5N3/c1-2-3-4-5-6-7-8-9-10-11-12-13-14-15-16-17-18-19-20;1-8(2)6-4-3-5-7-12-13(9,10)11;1-2-4-6-5(3-1)7-9-8-6/h2H,1,3-20H2;8H,3-7H2,1-2H3,(H2,9,10,11);1-4H,(H,7,8,9). The molecule has 1 aromatic heterocycles. The van der Waals surface area contributed by atoms with Gasteiger partial charge >= 0.3 is 7.82 Å². The van der Waals surface area contributed by atoms with Crippen LogP contribution < -0.4 is 5.73 Å². The fourth-order valence-corrected chi connectivity index (χ4v) is 4.90. The number of aromatic nitrogens is 3. The number of aromatic amines is 1. The average molecular weight is 611 g/mol. The highest BCUT2D eigenvalue weighted by atomic mass is 31.2. The first-order valence-electron chi connectivity index (χ1n) is 16.6. The molecule has 8 nitrogen and oxygen atoms in total. The molecular weight excluding hydrogens is 547 g/mol. The van der Waals surface area contributed by atoms with Crippen molar-refractivity contribution >= 4 is 18.9 Å². The summed E-state index contributed by atoms with van der Waals surface area (Å²) in [5, 5.41) is 10.3. The van der Waals surface area contributed by atoms with E-state index in [1.165, 1.54) is 103 Å². The topological polar surface area (TPSA) is 134 Å². The number of rotatable bonds is 24. The number of fused-ring (bicyclic) bond motifs is 1. The molecule has 42 heavy (non-hydrogen) atoms. The predicted molar refractivity (Wildman–Crippen MR) is 178 cm³/mol. The van der Waals surface area contributed by atoms with Crippen LogP contribution in [0.3, 0.4) is 0 Å². The summed E-state index contributed by atoms with van der Waals surface area (Å²) in [5.74, 6) is 0.697. The number of unbranched alkanes of at least 4 members (excludes halogenated alkanes) is 17. The third-order valence-corrected chi connectivity index (χ3v) is 7.54. The molecule has 0 amide bonds. The van der Waals surface area contributed by atoms with Crippen LogP contribution in [-0.2, 0) is 9.09 Å². The molecule has 0 atom stereocenters. The molecule has 0 fully saturated rings. The van der Waals surface area contributed by atoms with E-state index in [9.17, 15) is 4.57 Å². The van der Waals surface area contributed by atoms with E-state index in [2.05, 4.69) is 40.4 Å². The zero-order valence-corrected chi connectivity index (χ0v) is 27.8. The summed E-state index contributed by atoms with van der Waals surface area (Å²) in [6, 6.07) is 7.70. The number of nitrogens with one attached hydrogen (secondary N) is 1. The van der Waals surface area contributed by atoms with Gasteiger partial charge in [0.2, 0.25) is 0 Å². The van der Waals surface area contributed by atoms with Crippen LogP contribution in [0.5, 0.6) is 0 Å². The van der Waals surface area contributed by atoms with Crippen molar-refractivity contribution in [3.63, 3.8) is 0 Å². The van der Waals surface area contributed by atoms with Gasteiger partial charge in [-0.15, -0.1) is 6.58 Å². The summed E-state index contributed by atoms with van der Waals surface area (Å²) >= 11 is 0. The van der Waals surface area contributed by atoms with Crippen LogP contribution in [0.25, 0.3) is 11.0 Å². The van der Waals surface area contributed by atoms with E-state index < -0.39 is 7.82 Å². The second-order valence-corrected chi connectivity index (χ2v) is 12.8. The molecule has 0 saturated heterocycles. The van der Waals surface area contributed by atoms with Crippen molar-refractivity contribution in [1.82, 2.24) is 15.4 Å². The van der Waals surface area contributed by atoms with Crippen molar-refractivity contribution in [3.05, 3.63) is 36.9 Å². The molecule has 2 aromatic rings. The van der Waals surface area contributed by atoms with Crippen molar-refractivity contribution in [3.8, 4) is 0 Å². The fraction of sp³-hybridized carbons (Fsp3) is 0.758. The van der Waals surface area contributed by atoms with Gasteiger partial charge in [-0.25, -0.2) is 4.57 Å². The minimum atomic E-state index is -4.23. The van der Waals surface area contributed by atoms with Gasteiger partial charge < -0.3 is 15.5 Å². The Balaban J connectivity index is 0.000000648. The molecule has 2 rings (SSSR count). The Hall–Kier alpha value is -1.57. The molecule has 5 N–H and O–H groups in total. The Morgan fingerprint density at radius 1 is 0.786 bits per heavy atom. The number of para-hydroxylation sites is 2. The Labute approximate surface area is 256 Å². The summed E-state index contributed by atoms with van der Waals surface area (Å²) in [6.07, 6.45) is 28.3. The van der Waals surface area contributed by atoms with Crippen molar-refractivity contribution in [1.29, 1.82) is 0 Å². The third kappa shape index (κ3) is 29.9. The summed E-state index contributed by atoms with van der Waals surface area (Å²) < 4.78 is 14.5. The zero-order valence-electron chi connectivity index (χ0n) is 26.9. The summed E-state index contributed by atoms with van der Waals surface area (Å²) in [7, 11) is -4.23. The van der Waals surface area contributed by atoms with Crippen LogP contribution >= 0.6 is 7.82 Å². The van der Waals surface area contributed by atoms with Crippen LogP contribution in [0.2, 0.25) is 0 Å². The van der Waals surface area contributed by atoms with Crippen molar-refractivity contribution in [2.45, 2.75) is 142 Å². The number of nitrogens with zero attached hydrogens (tertiary/aromatic N) is 2. The average Bonchev–Trinajstić information content (AvgIpc) is 3.44. The highest BCUT2D eigenvalue weighted by molar-refractivity contribution is 7.46. The van der Waals surface area contributed by atoms with Crippen molar-refractivity contribution < 1.29 is 18.9 Å². The first-order chi connectivity index (χ1) is 20.3. The molecule has 0 bridgehead atoms. The van der Waals surface area contributed by atoms with Crippen LogP contribution in [0.15, 0.2) is 36.9 Å². The van der Waals surface area contributed by atoms with Gasteiger partial charge in [-0.05, 0) is 50.3 Å². The Morgan fingerprint density at radius 2 is 1.21 bits per heavy atom. The van der Waals surface area contributed by atoms with E-state index in [0.717, 1.165) is 43.3 Å². The lowest BCUT2D eigenvalue weighted by Crippen LogP contribution is -1.97. The number of nitrogens with two attached hydrogens (primary N) is 1. The van der Waals surface area contributed by atoms with E-state index in [1.54, 1.807) is 0 Å². The summed E-state index contributed by atoms with van der Waals surface area (Å²) in [5.41, 5.74) is 7.31. The molecular formula is C33H63N4O4P. The predicted octanol–water partition coefficient (Wildman–Crippen LogP) is 9.64. The quantitative estimate of drug-likeness (QED) is 0.0528. The number of allylic oxidation sites excluding steroid dienone is 1. The van der Waals surface area contributed by atoms with Gasteiger partial charge in [0.05, 0.1) is 6.61 Å². The maximum atomic E-state index is 10.2. The Bertz CT molecular complexity index is 858. The zero-order chi connectivity index (χ0) is 31.2. The lowest BCUT2D eigenvalue weighted by Gasteiger charge is -2.05. The molecule has 244 valence electrons. The number of phosphoric ester groups is 1. The largest absolute Gasteiger partial charge is 0.469 e. The molecule has 0 aliphatic carbocycles. The highest BCUT2D eigenvalue weighted by Gasteiger charge is 2.12. The second-order valence-electron chi connectivity index (χ2n) is 11.5. The van der Waals surface area contributed by atoms with Crippen LogP contribution in [0.4, 0.5) is 0 Å². The number of H-pyrrole nitrogens is 1. The molecule has 0 aliphatic rings. The molecule has 1 aromatic carbocycles. The number of phosphoric acid groups is 1. The maximum Gasteiger partial charge on any atom is 0.469 e. The van der Waals surface area contributed by atoms with E-state index in [0.29, 0.717) is 5.92 Å². The van der Waals surface area contributed by atoms with Gasteiger partial charge in [0.25, 0.3) is 0 Å². The summed E-state index contributed by atoms with van der Waals surface area (Å²) in [4.78, 5) is 16.7. The fourth-order valence-electron chi connectivity index (χ4n) is 4.53. The van der Waals surface area contributed by atoms with Crippen molar-refractivity contribution in [2.24, 2.45) is 11.7 Å². The first kappa shape index (κ1) is 40.4.